The molecule has 0 aromatic rings. The van der Waals surface area contributed by atoms with Crippen molar-refractivity contribution in [2.75, 3.05) is 6.61 Å². The van der Waals surface area contributed by atoms with Gasteiger partial charge in [-0.3, -0.25) is 0 Å². The van der Waals surface area contributed by atoms with E-state index in [1.54, 1.807) is 0 Å². The third-order valence-electron chi connectivity index (χ3n) is 3.43. The van der Waals surface area contributed by atoms with Crippen molar-refractivity contribution in [1.82, 2.24) is 5.32 Å². The van der Waals surface area contributed by atoms with Crippen LogP contribution in [0.25, 0.3) is 0 Å². The van der Waals surface area contributed by atoms with Gasteiger partial charge in [0.25, 0.3) is 0 Å². The topological polar surface area (TPSA) is 21.3 Å². The second kappa shape index (κ2) is 7.24. The number of ether oxygens (including phenoxy) is 1. The quantitative estimate of drug-likeness (QED) is 0.701. The fraction of sp³-hybridized carbons (Fsp3) is 1.00. The van der Waals surface area contributed by atoms with Crippen LogP contribution >= 0.6 is 0 Å². The molecule has 0 spiro atoms. The summed E-state index contributed by atoms with van der Waals surface area (Å²) in [6.07, 6.45) is 7.94. The summed E-state index contributed by atoms with van der Waals surface area (Å²) in [5.74, 6) is 0. The molecular weight excluding hydrogens is 186 g/mol. The van der Waals surface area contributed by atoms with Crippen molar-refractivity contribution in [2.45, 2.75) is 77.5 Å². The minimum atomic E-state index is 0.473. The Morgan fingerprint density at radius 2 is 2.07 bits per heavy atom. The maximum atomic E-state index is 5.77. The molecule has 1 saturated heterocycles. The number of rotatable bonds is 7. The van der Waals surface area contributed by atoms with Crippen LogP contribution < -0.4 is 5.32 Å². The number of hydrogen-bond acceptors (Lipinski definition) is 2. The molecule has 1 aliphatic heterocycles. The lowest BCUT2D eigenvalue weighted by Gasteiger charge is -2.28. The van der Waals surface area contributed by atoms with E-state index in [0.717, 1.165) is 6.61 Å². The van der Waals surface area contributed by atoms with Gasteiger partial charge in [-0.05, 0) is 32.1 Å². The highest BCUT2D eigenvalue weighted by molar-refractivity contribution is 4.82. The van der Waals surface area contributed by atoms with E-state index in [9.17, 15) is 0 Å². The molecule has 1 aliphatic rings. The monoisotopic (exact) mass is 213 g/mol. The first-order valence-corrected chi connectivity index (χ1v) is 6.69. The molecule has 0 aromatic heterocycles. The lowest BCUT2D eigenvalue weighted by molar-refractivity contribution is 0.0720. The maximum absolute atomic E-state index is 5.77. The van der Waals surface area contributed by atoms with Crippen LogP contribution in [0.5, 0.6) is 0 Å². The molecule has 0 amide bonds. The maximum Gasteiger partial charge on any atom is 0.0728 e. The van der Waals surface area contributed by atoms with Crippen LogP contribution in [-0.2, 0) is 4.74 Å². The van der Waals surface area contributed by atoms with Crippen molar-refractivity contribution in [2.24, 2.45) is 0 Å². The van der Waals surface area contributed by atoms with Gasteiger partial charge < -0.3 is 10.1 Å². The molecule has 0 bridgehead atoms. The van der Waals surface area contributed by atoms with Crippen LogP contribution in [0.4, 0.5) is 0 Å². The Balaban J connectivity index is 2.36. The van der Waals surface area contributed by atoms with E-state index >= 15 is 0 Å². The van der Waals surface area contributed by atoms with Crippen LogP contribution in [0.3, 0.4) is 0 Å². The van der Waals surface area contributed by atoms with Gasteiger partial charge in [0.2, 0.25) is 0 Å². The molecule has 2 nitrogen and oxygen atoms in total. The molecule has 2 heteroatoms. The second-order valence-corrected chi connectivity index (χ2v) is 4.63. The Hall–Kier alpha value is -0.0800. The molecule has 90 valence electrons. The van der Waals surface area contributed by atoms with E-state index in [1.165, 1.54) is 38.5 Å². The average molecular weight is 213 g/mol. The summed E-state index contributed by atoms with van der Waals surface area (Å²) >= 11 is 0. The largest absolute Gasteiger partial charge is 0.377 e. The predicted octanol–water partition coefficient (Wildman–Crippen LogP) is 3.11. The summed E-state index contributed by atoms with van der Waals surface area (Å²) < 4.78 is 5.77. The molecule has 0 radical (unpaired) electrons. The molecule has 0 aliphatic carbocycles. The predicted molar refractivity (Wildman–Crippen MR) is 65.2 cm³/mol. The van der Waals surface area contributed by atoms with Gasteiger partial charge in [0.05, 0.1) is 6.10 Å². The number of hydrogen-bond donors (Lipinski definition) is 1. The minimum Gasteiger partial charge on any atom is -0.377 e. The molecule has 0 aromatic carbocycles. The van der Waals surface area contributed by atoms with Crippen LogP contribution in [0.1, 0.15) is 59.3 Å². The van der Waals surface area contributed by atoms with Crippen molar-refractivity contribution in [3.63, 3.8) is 0 Å². The van der Waals surface area contributed by atoms with Gasteiger partial charge in [0, 0.05) is 18.7 Å². The minimum absolute atomic E-state index is 0.473. The van der Waals surface area contributed by atoms with Crippen molar-refractivity contribution in [1.29, 1.82) is 0 Å². The highest BCUT2D eigenvalue weighted by Crippen LogP contribution is 2.18. The molecule has 3 atom stereocenters. The molecule has 1 fully saturated rings. The Bertz CT molecular complexity index is 155. The molecule has 1 rings (SSSR count). The SMILES string of the molecule is CCCC(CC)NC(CC)C1CCCO1. The van der Waals surface area contributed by atoms with Gasteiger partial charge in [-0.25, -0.2) is 0 Å². The van der Waals surface area contributed by atoms with Crippen LogP contribution in [0, 0.1) is 0 Å². The summed E-state index contributed by atoms with van der Waals surface area (Å²) in [6.45, 7) is 7.76. The summed E-state index contributed by atoms with van der Waals surface area (Å²) in [5, 5.41) is 3.77. The molecule has 3 unspecified atom stereocenters. The standard InChI is InChI=1S/C13H27NO/c1-4-8-11(5-2)14-12(6-3)13-9-7-10-15-13/h11-14H,4-10H2,1-3H3. The molecular formula is C13H27NO. The van der Waals surface area contributed by atoms with Gasteiger partial charge in [0.15, 0.2) is 0 Å². The highest BCUT2D eigenvalue weighted by Gasteiger charge is 2.25. The average Bonchev–Trinajstić information content (AvgIpc) is 2.77. The second-order valence-electron chi connectivity index (χ2n) is 4.63. The molecule has 1 N–H and O–H groups in total. The Morgan fingerprint density at radius 1 is 1.27 bits per heavy atom. The smallest absolute Gasteiger partial charge is 0.0728 e. The van der Waals surface area contributed by atoms with Crippen molar-refractivity contribution >= 4 is 0 Å². The molecule has 0 saturated carbocycles. The summed E-state index contributed by atoms with van der Waals surface area (Å²) in [7, 11) is 0. The van der Waals surface area contributed by atoms with E-state index in [1.807, 2.05) is 0 Å². The van der Waals surface area contributed by atoms with Crippen molar-refractivity contribution < 1.29 is 4.74 Å². The van der Waals surface area contributed by atoms with Crippen molar-refractivity contribution in [3.05, 3.63) is 0 Å². The Morgan fingerprint density at radius 3 is 2.53 bits per heavy atom. The lowest BCUT2D eigenvalue weighted by atomic mass is 10.0. The van der Waals surface area contributed by atoms with E-state index < -0.39 is 0 Å². The molecule has 1 heterocycles. The van der Waals surface area contributed by atoms with E-state index in [2.05, 4.69) is 26.1 Å². The first kappa shape index (κ1) is 13.0. The van der Waals surface area contributed by atoms with Gasteiger partial charge in [-0.2, -0.15) is 0 Å². The van der Waals surface area contributed by atoms with E-state index in [0.29, 0.717) is 18.2 Å². The lowest BCUT2D eigenvalue weighted by Crippen LogP contribution is -2.44. The van der Waals surface area contributed by atoms with E-state index in [4.69, 9.17) is 4.74 Å². The first-order chi connectivity index (χ1) is 7.31. The summed E-state index contributed by atoms with van der Waals surface area (Å²) in [5.41, 5.74) is 0. The fourth-order valence-electron chi connectivity index (χ4n) is 2.46. The Labute approximate surface area is 94.8 Å². The Kier molecular flexibility index (Phi) is 6.26. The molecule has 15 heavy (non-hydrogen) atoms. The third kappa shape index (κ3) is 4.12. The first-order valence-electron chi connectivity index (χ1n) is 6.69. The zero-order valence-electron chi connectivity index (χ0n) is 10.6. The third-order valence-corrected chi connectivity index (χ3v) is 3.43. The highest BCUT2D eigenvalue weighted by atomic mass is 16.5. The van der Waals surface area contributed by atoms with Gasteiger partial charge in [-0.1, -0.05) is 27.2 Å². The number of nitrogens with one attached hydrogen (secondary N) is 1. The normalized spacial score (nSPS) is 25.4. The summed E-state index contributed by atoms with van der Waals surface area (Å²) in [6, 6.07) is 1.26. The zero-order chi connectivity index (χ0) is 11.1. The van der Waals surface area contributed by atoms with E-state index in [-0.39, 0.29) is 0 Å². The van der Waals surface area contributed by atoms with Gasteiger partial charge in [0.1, 0.15) is 0 Å². The van der Waals surface area contributed by atoms with Crippen LogP contribution in [0.15, 0.2) is 0 Å². The van der Waals surface area contributed by atoms with Gasteiger partial charge >= 0.3 is 0 Å². The summed E-state index contributed by atoms with van der Waals surface area (Å²) in [4.78, 5) is 0. The van der Waals surface area contributed by atoms with Gasteiger partial charge in [-0.15, -0.1) is 0 Å². The van der Waals surface area contributed by atoms with Crippen molar-refractivity contribution in [3.8, 4) is 0 Å². The van der Waals surface area contributed by atoms with Crippen LogP contribution in [-0.4, -0.2) is 24.8 Å². The zero-order valence-corrected chi connectivity index (χ0v) is 10.6. The van der Waals surface area contributed by atoms with Crippen LogP contribution in [0.2, 0.25) is 0 Å². The fourth-order valence-corrected chi connectivity index (χ4v) is 2.46.